The maximum atomic E-state index is 5.93. The summed E-state index contributed by atoms with van der Waals surface area (Å²) < 4.78 is 0. The Kier molecular flexibility index (Phi) is 4.91. The summed E-state index contributed by atoms with van der Waals surface area (Å²) in [4.78, 5) is 11.4. The van der Waals surface area contributed by atoms with Crippen molar-refractivity contribution in [2.75, 3.05) is 11.4 Å². The molecule has 0 atom stereocenters. The Hall–Kier alpha value is -1.94. The minimum absolute atomic E-state index is 0.506. The van der Waals surface area contributed by atoms with Crippen LogP contribution in [0.15, 0.2) is 24.3 Å². The molecule has 0 aliphatic rings. The Balaban J connectivity index is 2.37. The molecule has 0 aliphatic heterocycles. The monoisotopic (exact) mass is 284 g/mol. The standard InChI is InChI=1S/C17H24N4/c1-5-21(11-15-8-6-7-12(2)20-15)17-9-13(3)19-14(4)16(17)10-18/h6-9H,5,10-11,18H2,1-4H3. The molecule has 0 radical (unpaired) electrons. The lowest BCUT2D eigenvalue weighted by Crippen LogP contribution is -2.25. The van der Waals surface area contributed by atoms with Gasteiger partial charge >= 0.3 is 0 Å². The lowest BCUT2D eigenvalue weighted by molar-refractivity contribution is 0.791. The first-order valence-electron chi connectivity index (χ1n) is 7.39. The van der Waals surface area contributed by atoms with Crippen LogP contribution in [-0.2, 0) is 13.1 Å². The number of aryl methyl sites for hydroxylation is 3. The van der Waals surface area contributed by atoms with E-state index in [2.05, 4.69) is 40.0 Å². The van der Waals surface area contributed by atoms with E-state index in [1.54, 1.807) is 0 Å². The average molecular weight is 284 g/mol. The van der Waals surface area contributed by atoms with E-state index in [4.69, 9.17) is 5.73 Å². The number of hydrogen-bond acceptors (Lipinski definition) is 4. The van der Waals surface area contributed by atoms with Crippen molar-refractivity contribution in [3.8, 4) is 0 Å². The van der Waals surface area contributed by atoms with E-state index in [1.807, 2.05) is 26.8 Å². The lowest BCUT2D eigenvalue weighted by atomic mass is 10.1. The van der Waals surface area contributed by atoms with Gasteiger partial charge in [0.1, 0.15) is 0 Å². The third kappa shape index (κ3) is 3.58. The van der Waals surface area contributed by atoms with Gasteiger partial charge in [-0.15, -0.1) is 0 Å². The molecule has 0 bridgehead atoms. The SMILES string of the molecule is CCN(Cc1cccc(C)n1)c1cc(C)nc(C)c1CN. The van der Waals surface area contributed by atoms with Crippen molar-refractivity contribution in [2.45, 2.75) is 40.8 Å². The highest BCUT2D eigenvalue weighted by molar-refractivity contribution is 5.56. The van der Waals surface area contributed by atoms with E-state index >= 15 is 0 Å². The number of nitrogens with zero attached hydrogens (tertiary/aromatic N) is 3. The first-order chi connectivity index (χ1) is 10.0. The summed E-state index contributed by atoms with van der Waals surface area (Å²) in [6, 6.07) is 8.26. The second-order valence-electron chi connectivity index (χ2n) is 5.34. The van der Waals surface area contributed by atoms with Crippen molar-refractivity contribution >= 4 is 5.69 Å². The van der Waals surface area contributed by atoms with Crippen LogP contribution >= 0.6 is 0 Å². The van der Waals surface area contributed by atoms with Gasteiger partial charge in [-0.05, 0) is 45.9 Å². The molecule has 0 aliphatic carbocycles. The van der Waals surface area contributed by atoms with Gasteiger partial charge in [0.15, 0.2) is 0 Å². The van der Waals surface area contributed by atoms with Crippen molar-refractivity contribution in [3.63, 3.8) is 0 Å². The number of aromatic nitrogens is 2. The average Bonchev–Trinajstić information content (AvgIpc) is 2.44. The number of nitrogens with two attached hydrogens (primary N) is 1. The van der Waals surface area contributed by atoms with E-state index in [9.17, 15) is 0 Å². The number of hydrogen-bond donors (Lipinski definition) is 1. The highest BCUT2D eigenvalue weighted by atomic mass is 15.1. The third-order valence-electron chi connectivity index (χ3n) is 3.66. The molecule has 112 valence electrons. The quantitative estimate of drug-likeness (QED) is 0.917. The molecule has 4 heteroatoms. The van der Waals surface area contributed by atoms with Crippen LogP contribution in [0.2, 0.25) is 0 Å². The van der Waals surface area contributed by atoms with Crippen molar-refractivity contribution in [2.24, 2.45) is 5.73 Å². The summed E-state index contributed by atoms with van der Waals surface area (Å²) in [5.41, 5.74) is 12.4. The van der Waals surface area contributed by atoms with Crippen LogP contribution in [-0.4, -0.2) is 16.5 Å². The second kappa shape index (κ2) is 6.68. The summed E-state index contributed by atoms with van der Waals surface area (Å²) in [6.07, 6.45) is 0. The first kappa shape index (κ1) is 15.4. The van der Waals surface area contributed by atoms with Gasteiger partial charge in [-0.1, -0.05) is 6.07 Å². The van der Waals surface area contributed by atoms with E-state index in [0.29, 0.717) is 6.54 Å². The Morgan fingerprint density at radius 1 is 1.10 bits per heavy atom. The molecule has 2 aromatic heterocycles. The smallest absolute Gasteiger partial charge is 0.0602 e. The zero-order chi connectivity index (χ0) is 15.4. The van der Waals surface area contributed by atoms with E-state index in [0.717, 1.165) is 41.4 Å². The van der Waals surface area contributed by atoms with Gasteiger partial charge in [0, 0.05) is 41.4 Å². The summed E-state index contributed by atoms with van der Waals surface area (Å²) >= 11 is 0. The van der Waals surface area contributed by atoms with Crippen LogP contribution in [0, 0.1) is 20.8 Å². The second-order valence-corrected chi connectivity index (χ2v) is 5.34. The van der Waals surface area contributed by atoms with E-state index < -0.39 is 0 Å². The molecule has 0 unspecified atom stereocenters. The molecule has 2 heterocycles. The molecule has 0 aromatic carbocycles. The summed E-state index contributed by atoms with van der Waals surface area (Å²) in [5, 5.41) is 0. The molecule has 2 rings (SSSR count). The largest absolute Gasteiger partial charge is 0.366 e. The van der Waals surface area contributed by atoms with Gasteiger partial charge in [0.05, 0.1) is 12.2 Å². The Morgan fingerprint density at radius 3 is 2.48 bits per heavy atom. The van der Waals surface area contributed by atoms with Gasteiger partial charge in [0.2, 0.25) is 0 Å². The van der Waals surface area contributed by atoms with E-state index in [1.165, 1.54) is 5.69 Å². The minimum Gasteiger partial charge on any atom is -0.366 e. The molecule has 0 fully saturated rings. The summed E-state index contributed by atoms with van der Waals surface area (Å²) in [6.45, 7) is 10.4. The van der Waals surface area contributed by atoms with Crippen LogP contribution in [0.5, 0.6) is 0 Å². The molecule has 2 N–H and O–H groups in total. The maximum Gasteiger partial charge on any atom is 0.0602 e. The fraction of sp³-hybridized carbons (Fsp3) is 0.412. The Labute approximate surface area is 127 Å². The Bertz CT molecular complexity index is 622. The summed E-state index contributed by atoms with van der Waals surface area (Å²) in [5.74, 6) is 0. The van der Waals surface area contributed by atoms with Crippen LogP contribution in [0.1, 0.15) is 35.3 Å². The predicted molar refractivity (Wildman–Crippen MR) is 87.3 cm³/mol. The van der Waals surface area contributed by atoms with Gasteiger partial charge in [0.25, 0.3) is 0 Å². The minimum atomic E-state index is 0.506. The molecule has 4 nitrogen and oxygen atoms in total. The van der Waals surface area contributed by atoms with Crippen molar-refractivity contribution in [1.29, 1.82) is 0 Å². The number of anilines is 1. The molecule has 0 saturated carbocycles. The lowest BCUT2D eigenvalue weighted by Gasteiger charge is -2.26. The molecule has 0 saturated heterocycles. The number of rotatable bonds is 5. The van der Waals surface area contributed by atoms with Crippen molar-refractivity contribution in [3.05, 3.63) is 52.6 Å². The fourth-order valence-corrected chi connectivity index (χ4v) is 2.62. The molecule has 0 spiro atoms. The highest BCUT2D eigenvalue weighted by Gasteiger charge is 2.14. The van der Waals surface area contributed by atoms with Crippen molar-refractivity contribution < 1.29 is 0 Å². The normalized spacial score (nSPS) is 10.7. The fourth-order valence-electron chi connectivity index (χ4n) is 2.62. The third-order valence-corrected chi connectivity index (χ3v) is 3.66. The first-order valence-corrected chi connectivity index (χ1v) is 7.39. The van der Waals surface area contributed by atoms with Gasteiger partial charge < -0.3 is 10.6 Å². The number of pyridine rings is 2. The maximum absolute atomic E-state index is 5.93. The molecular formula is C17H24N4. The molecule has 0 amide bonds. The topological polar surface area (TPSA) is 55.0 Å². The Morgan fingerprint density at radius 2 is 1.86 bits per heavy atom. The molecular weight excluding hydrogens is 260 g/mol. The van der Waals surface area contributed by atoms with Gasteiger partial charge in [-0.2, -0.15) is 0 Å². The zero-order valence-electron chi connectivity index (χ0n) is 13.3. The van der Waals surface area contributed by atoms with Crippen LogP contribution in [0.3, 0.4) is 0 Å². The van der Waals surface area contributed by atoms with Crippen molar-refractivity contribution in [1.82, 2.24) is 9.97 Å². The van der Waals surface area contributed by atoms with Gasteiger partial charge in [-0.25, -0.2) is 0 Å². The zero-order valence-corrected chi connectivity index (χ0v) is 13.3. The molecule has 21 heavy (non-hydrogen) atoms. The van der Waals surface area contributed by atoms with Crippen LogP contribution < -0.4 is 10.6 Å². The summed E-state index contributed by atoms with van der Waals surface area (Å²) in [7, 11) is 0. The highest BCUT2D eigenvalue weighted by Crippen LogP contribution is 2.25. The van der Waals surface area contributed by atoms with Gasteiger partial charge in [-0.3, -0.25) is 9.97 Å². The van der Waals surface area contributed by atoms with E-state index in [-0.39, 0.29) is 0 Å². The van der Waals surface area contributed by atoms with Crippen LogP contribution in [0.25, 0.3) is 0 Å². The molecule has 2 aromatic rings. The van der Waals surface area contributed by atoms with Crippen LogP contribution in [0.4, 0.5) is 5.69 Å². The predicted octanol–water partition coefficient (Wildman–Crippen LogP) is 2.89.